The van der Waals surface area contributed by atoms with Crippen molar-refractivity contribution in [2.45, 2.75) is 12.6 Å². The van der Waals surface area contributed by atoms with Crippen LogP contribution >= 0.6 is 0 Å². The molecule has 3 aromatic rings. The van der Waals surface area contributed by atoms with Gasteiger partial charge in [-0.2, -0.15) is 0 Å². The molecule has 0 aliphatic carbocycles. The summed E-state index contributed by atoms with van der Waals surface area (Å²) in [5.74, 6) is 2.40. The van der Waals surface area contributed by atoms with E-state index in [1.807, 2.05) is 54.6 Å². The molecule has 4 rings (SSSR count). The standard InChI is InChI=1S/C25H25NO5/c1-28-18-13-21(29-2)24(22(14-18)30-3)19-11-7-8-12-20(19)31-23-16-26(25(23)27)15-17-9-5-4-6-10-17/h4-14,23H,15-16H2,1-3H3. The van der Waals surface area contributed by atoms with Crippen LogP contribution in [0.2, 0.25) is 0 Å². The van der Waals surface area contributed by atoms with Crippen LogP contribution in [-0.2, 0) is 11.3 Å². The van der Waals surface area contributed by atoms with Crippen LogP contribution in [0.25, 0.3) is 11.1 Å². The summed E-state index contributed by atoms with van der Waals surface area (Å²) in [5, 5.41) is 0. The van der Waals surface area contributed by atoms with Gasteiger partial charge in [-0.05, 0) is 11.6 Å². The van der Waals surface area contributed by atoms with Crippen LogP contribution in [0, 0.1) is 0 Å². The number of carbonyl (C=O) groups is 1. The number of hydrogen-bond acceptors (Lipinski definition) is 5. The number of methoxy groups -OCH3 is 3. The molecule has 0 spiro atoms. The van der Waals surface area contributed by atoms with Crippen molar-refractivity contribution in [3.8, 4) is 34.1 Å². The Hall–Kier alpha value is -3.67. The Morgan fingerprint density at radius 2 is 1.48 bits per heavy atom. The van der Waals surface area contributed by atoms with E-state index in [0.29, 0.717) is 36.1 Å². The van der Waals surface area contributed by atoms with Crippen molar-refractivity contribution in [2.24, 2.45) is 0 Å². The van der Waals surface area contributed by atoms with E-state index in [1.165, 1.54) is 0 Å². The summed E-state index contributed by atoms with van der Waals surface area (Å²) < 4.78 is 22.7. The minimum absolute atomic E-state index is 0.0210. The number of hydrogen-bond donors (Lipinski definition) is 0. The monoisotopic (exact) mass is 419 g/mol. The SMILES string of the molecule is COc1cc(OC)c(-c2ccccc2OC2CN(Cc3ccccc3)C2=O)c(OC)c1. The molecule has 160 valence electrons. The van der Waals surface area contributed by atoms with Crippen LogP contribution in [-0.4, -0.2) is 44.8 Å². The first-order valence-corrected chi connectivity index (χ1v) is 10.0. The summed E-state index contributed by atoms with van der Waals surface area (Å²) >= 11 is 0. The van der Waals surface area contributed by atoms with Gasteiger partial charge < -0.3 is 23.8 Å². The summed E-state index contributed by atoms with van der Waals surface area (Å²) in [6, 6.07) is 21.1. The van der Waals surface area contributed by atoms with E-state index in [9.17, 15) is 4.79 Å². The van der Waals surface area contributed by atoms with Crippen LogP contribution in [0.15, 0.2) is 66.7 Å². The highest BCUT2D eigenvalue weighted by molar-refractivity contribution is 5.88. The second-order valence-corrected chi connectivity index (χ2v) is 7.21. The number of likely N-dealkylation sites (tertiary alicyclic amines) is 1. The van der Waals surface area contributed by atoms with Crippen LogP contribution in [0.5, 0.6) is 23.0 Å². The van der Waals surface area contributed by atoms with Gasteiger partial charge in [0.2, 0.25) is 0 Å². The Kier molecular flexibility index (Phi) is 5.98. The zero-order valence-electron chi connectivity index (χ0n) is 17.8. The smallest absolute Gasteiger partial charge is 0.265 e. The second-order valence-electron chi connectivity index (χ2n) is 7.21. The van der Waals surface area contributed by atoms with Crippen molar-refractivity contribution >= 4 is 5.91 Å². The molecule has 6 heteroatoms. The largest absolute Gasteiger partial charge is 0.496 e. The zero-order chi connectivity index (χ0) is 21.8. The quantitative estimate of drug-likeness (QED) is 0.513. The first-order chi connectivity index (χ1) is 15.1. The fourth-order valence-corrected chi connectivity index (χ4v) is 3.69. The van der Waals surface area contributed by atoms with Crippen molar-refractivity contribution in [3.63, 3.8) is 0 Å². The normalized spacial score (nSPS) is 15.3. The van der Waals surface area contributed by atoms with Gasteiger partial charge in [0, 0.05) is 24.2 Å². The maximum Gasteiger partial charge on any atom is 0.265 e. The average molecular weight is 419 g/mol. The van der Waals surface area contributed by atoms with Gasteiger partial charge in [0.1, 0.15) is 23.0 Å². The summed E-state index contributed by atoms with van der Waals surface area (Å²) in [4.78, 5) is 14.5. The number of nitrogens with zero attached hydrogens (tertiary/aromatic N) is 1. The first kappa shape index (κ1) is 20.6. The number of β-lactam (4-membered cyclic amide) rings is 1. The highest BCUT2D eigenvalue weighted by Gasteiger charge is 2.39. The highest BCUT2D eigenvalue weighted by Crippen LogP contribution is 2.45. The Balaban J connectivity index is 1.58. The number of benzene rings is 3. The highest BCUT2D eigenvalue weighted by atomic mass is 16.5. The molecule has 1 atom stereocenters. The summed E-state index contributed by atoms with van der Waals surface area (Å²) in [7, 11) is 4.78. The minimum atomic E-state index is -0.514. The Labute approximate surface area is 181 Å². The topological polar surface area (TPSA) is 57.2 Å². The molecular weight excluding hydrogens is 394 g/mol. The number of amides is 1. The molecule has 1 saturated heterocycles. The maximum atomic E-state index is 12.7. The van der Waals surface area contributed by atoms with E-state index in [4.69, 9.17) is 18.9 Å². The Morgan fingerprint density at radius 1 is 0.839 bits per heavy atom. The lowest BCUT2D eigenvalue weighted by Gasteiger charge is -2.38. The van der Waals surface area contributed by atoms with Crippen LogP contribution in [0.1, 0.15) is 5.56 Å². The van der Waals surface area contributed by atoms with Gasteiger partial charge >= 0.3 is 0 Å². The maximum absolute atomic E-state index is 12.7. The fourth-order valence-electron chi connectivity index (χ4n) is 3.69. The molecule has 0 saturated carbocycles. The lowest BCUT2D eigenvalue weighted by molar-refractivity contribution is -0.154. The number of carbonyl (C=O) groups excluding carboxylic acids is 1. The molecule has 0 bridgehead atoms. The van der Waals surface area contributed by atoms with E-state index in [-0.39, 0.29) is 5.91 Å². The van der Waals surface area contributed by atoms with Crippen molar-refractivity contribution in [2.75, 3.05) is 27.9 Å². The lowest BCUT2D eigenvalue weighted by atomic mass is 10.0. The van der Waals surface area contributed by atoms with Crippen LogP contribution in [0.3, 0.4) is 0 Å². The van der Waals surface area contributed by atoms with Gasteiger partial charge in [0.05, 0.1) is 33.4 Å². The molecule has 31 heavy (non-hydrogen) atoms. The molecule has 0 aromatic heterocycles. The van der Waals surface area contributed by atoms with Crippen molar-refractivity contribution in [3.05, 3.63) is 72.3 Å². The molecule has 0 radical (unpaired) electrons. The summed E-state index contributed by atoms with van der Waals surface area (Å²) in [6.45, 7) is 1.13. The molecule has 1 aliphatic heterocycles. The predicted molar refractivity (Wildman–Crippen MR) is 118 cm³/mol. The average Bonchev–Trinajstić information content (AvgIpc) is 2.83. The lowest BCUT2D eigenvalue weighted by Crippen LogP contribution is -2.58. The molecule has 1 amide bonds. The van der Waals surface area contributed by atoms with E-state index in [2.05, 4.69) is 0 Å². The summed E-state index contributed by atoms with van der Waals surface area (Å²) in [5.41, 5.74) is 2.63. The number of para-hydroxylation sites is 1. The molecule has 1 heterocycles. The van der Waals surface area contributed by atoms with Gasteiger partial charge in [-0.1, -0.05) is 48.5 Å². The third-order valence-corrected chi connectivity index (χ3v) is 5.33. The van der Waals surface area contributed by atoms with Crippen LogP contribution < -0.4 is 18.9 Å². The van der Waals surface area contributed by atoms with Crippen LogP contribution in [0.4, 0.5) is 0 Å². The zero-order valence-corrected chi connectivity index (χ0v) is 17.8. The molecule has 0 N–H and O–H groups in total. The third kappa shape index (κ3) is 4.14. The molecule has 1 aliphatic rings. The molecule has 1 unspecified atom stereocenters. The van der Waals surface area contributed by atoms with Gasteiger partial charge in [-0.3, -0.25) is 4.79 Å². The van der Waals surface area contributed by atoms with Gasteiger partial charge in [-0.25, -0.2) is 0 Å². The second kappa shape index (κ2) is 9.00. The van der Waals surface area contributed by atoms with E-state index >= 15 is 0 Å². The Bertz CT molecular complexity index is 1040. The summed E-state index contributed by atoms with van der Waals surface area (Å²) in [6.07, 6.45) is -0.514. The molecule has 6 nitrogen and oxygen atoms in total. The molecule has 1 fully saturated rings. The van der Waals surface area contributed by atoms with E-state index in [1.54, 1.807) is 38.4 Å². The fraction of sp³-hybridized carbons (Fsp3) is 0.240. The van der Waals surface area contributed by atoms with Gasteiger partial charge in [0.15, 0.2) is 6.10 Å². The Morgan fingerprint density at radius 3 is 2.10 bits per heavy atom. The minimum Gasteiger partial charge on any atom is -0.496 e. The molecule has 3 aromatic carbocycles. The van der Waals surface area contributed by atoms with E-state index in [0.717, 1.165) is 16.7 Å². The first-order valence-electron chi connectivity index (χ1n) is 10.0. The van der Waals surface area contributed by atoms with Crippen molar-refractivity contribution in [1.29, 1.82) is 0 Å². The number of ether oxygens (including phenoxy) is 4. The van der Waals surface area contributed by atoms with Gasteiger partial charge in [0.25, 0.3) is 5.91 Å². The number of rotatable bonds is 8. The predicted octanol–water partition coefficient (Wildman–Crippen LogP) is 4.17. The van der Waals surface area contributed by atoms with Gasteiger partial charge in [-0.15, -0.1) is 0 Å². The molecular formula is C25H25NO5. The van der Waals surface area contributed by atoms with E-state index < -0.39 is 6.10 Å². The third-order valence-electron chi connectivity index (χ3n) is 5.33. The van der Waals surface area contributed by atoms with Crippen molar-refractivity contribution < 1.29 is 23.7 Å². The van der Waals surface area contributed by atoms with Crippen molar-refractivity contribution in [1.82, 2.24) is 4.90 Å².